The third-order valence-corrected chi connectivity index (χ3v) is 4.31. The lowest BCUT2D eigenvalue weighted by Crippen LogP contribution is -2.24. The first-order chi connectivity index (χ1) is 10.1. The second-order valence-corrected chi connectivity index (χ2v) is 5.52. The van der Waals surface area contributed by atoms with Crippen LogP contribution in [-0.4, -0.2) is 13.0 Å². The molecule has 1 unspecified atom stereocenters. The summed E-state index contributed by atoms with van der Waals surface area (Å²) in [7, 11) is 1.67. The molecular formula is C18H19NO2. The van der Waals surface area contributed by atoms with Crippen LogP contribution in [0.15, 0.2) is 36.4 Å². The van der Waals surface area contributed by atoms with Gasteiger partial charge in [-0.2, -0.15) is 0 Å². The second-order valence-electron chi connectivity index (χ2n) is 5.52. The lowest BCUT2D eigenvalue weighted by Gasteiger charge is -2.29. The molecule has 1 N–H and O–H groups in total. The summed E-state index contributed by atoms with van der Waals surface area (Å²) in [4.78, 5) is 12.1. The molecule has 0 spiro atoms. The summed E-state index contributed by atoms with van der Waals surface area (Å²) in [5, 5.41) is 3.03. The second kappa shape index (κ2) is 5.24. The molecule has 0 radical (unpaired) electrons. The summed E-state index contributed by atoms with van der Waals surface area (Å²) in [5.74, 6) is 0.942. The fraction of sp³-hybridized carbons (Fsp3) is 0.278. The summed E-state index contributed by atoms with van der Waals surface area (Å²) in [5.41, 5.74) is 5.53. The van der Waals surface area contributed by atoms with Crippen LogP contribution < -0.4 is 10.1 Å². The van der Waals surface area contributed by atoms with Gasteiger partial charge in [0.1, 0.15) is 5.75 Å². The number of benzene rings is 2. The zero-order valence-electron chi connectivity index (χ0n) is 12.6. The number of ether oxygens (including phenoxy) is 1. The Hall–Kier alpha value is -2.29. The molecule has 3 nitrogen and oxygen atoms in total. The Kier molecular flexibility index (Phi) is 3.42. The molecule has 1 heterocycles. The van der Waals surface area contributed by atoms with E-state index in [2.05, 4.69) is 31.3 Å². The highest BCUT2D eigenvalue weighted by molar-refractivity contribution is 5.96. The highest BCUT2D eigenvalue weighted by Crippen LogP contribution is 2.42. The van der Waals surface area contributed by atoms with Crippen molar-refractivity contribution in [2.24, 2.45) is 0 Å². The molecule has 1 amide bonds. The molecule has 1 atom stereocenters. The third kappa shape index (κ3) is 2.29. The van der Waals surface area contributed by atoms with E-state index in [-0.39, 0.29) is 11.8 Å². The van der Waals surface area contributed by atoms with E-state index >= 15 is 0 Å². The van der Waals surface area contributed by atoms with Crippen molar-refractivity contribution in [3.63, 3.8) is 0 Å². The first-order valence-electron chi connectivity index (χ1n) is 7.14. The molecule has 0 fully saturated rings. The predicted molar refractivity (Wildman–Crippen MR) is 84.0 cm³/mol. The molecular weight excluding hydrogens is 262 g/mol. The Labute approximate surface area is 124 Å². The lowest BCUT2D eigenvalue weighted by atomic mass is 9.82. The largest absolute Gasteiger partial charge is 0.496 e. The lowest BCUT2D eigenvalue weighted by molar-refractivity contribution is -0.116. The number of methoxy groups -OCH3 is 1. The molecule has 0 bridgehead atoms. The molecule has 0 saturated heterocycles. The van der Waals surface area contributed by atoms with Crippen LogP contribution in [0.2, 0.25) is 0 Å². The zero-order valence-corrected chi connectivity index (χ0v) is 12.6. The van der Waals surface area contributed by atoms with Crippen molar-refractivity contribution < 1.29 is 9.53 Å². The van der Waals surface area contributed by atoms with Crippen LogP contribution in [0.5, 0.6) is 5.75 Å². The molecule has 0 saturated carbocycles. The SMILES string of the molecule is COc1ccccc1C1CC(=O)Nc2c1ccc(C)c2C. The molecule has 2 aromatic carbocycles. The number of carbonyl (C=O) groups excluding carboxylic acids is 1. The van der Waals surface area contributed by atoms with Crippen LogP contribution in [0.25, 0.3) is 0 Å². The van der Waals surface area contributed by atoms with Crippen LogP contribution >= 0.6 is 0 Å². The highest BCUT2D eigenvalue weighted by atomic mass is 16.5. The van der Waals surface area contributed by atoms with Gasteiger partial charge in [-0.25, -0.2) is 0 Å². The van der Waals surface area contributed by atoms with E-state index in [9.17, 15) is 4.79 Å². The average molecular weight is 281 g/mol. The summed E-state index contributed by atoms with van der Waals surface area (Å²) in [6.45, 7) is 4.12. The number of aryl methyl sites for hydroxylation is 1. The number of para-hydroxylation sites is 1. The van der Waals surface area contributed by atoms with E-state index in [1.807, 2.05) is 24.3 Å². The van der Waals surface area contributed by atoms with E-state index < -0.39 is 0 Å². The Balaban J connectivity index is 2.18. The van der Waals surface area contributed by atoms with Gasteiger partial charge in [-0.15, -0.1) is 0 Å². The third-order valence-electron chi connectivity index (χ3n) is 4.31. The van der Waals surface area contributed by atoms with Crippen molar-refractivity contribution in [2.45, 2.75) is 26.2 Å². The number of rotatable bonds is 2. The minimum atomic E-state index is 0.0456. The number of hydrogen-bond donors (Lipinski definition) is 1. The smallest absolute Gasteiger partial charge is 0.225 e. The number of hydrogen-bond acceptors (Lipinski definition) is 2. The van der Waals surface area contributed by atoms with Gasteiger partial charge in [-0.05, 0) is 36.6 Å². The van der Waals surface area contributed by atoms with Crippen molar-refractivity contribution in [1.29, 1.82) is 0 Å². The summed E-state index contributed by atoms with van der Waals surface area (Å²) >= 11 is 0. The molecule has 0 aromatic heterocycles. The van der Waals surface area contributed by atoms with Crippen molar-refractivity contribution in [3.8, 4) is 5.75 Å². The summed E-state index contributed by atoms with van der Waals surface area (Å²) in [6, 6.07) is 12.2. The maximum atomic E-state index is 12.1. The normalized spacial score (nSPS) is 17.1. The van der Waals surface area contributed by atoms with Crippen LogP contribution in [-0.2, 0) is 4.79 Å². The van der Waals surface area contributed by atoms with E-state index in [0.717, 1.165) is 22.6 Å². The minimum absolute atomic E-state index is 0.0456. The van der Waals surface area contributed by atoms with Crippen molar-refractivity contribution in [2.75, 3.05) is 12.4 Å². The number of nitrogens with one attached hydrogen (secondary N) is 1. The molecule has 21 heavy (non-hydrogen) atoms. The quantitative estimate of drug-likeness (QED) is 0.909. The molecule has 3 rings (SSSR count). The van der Waals surface area contributed by atoms with Gasteiger partial charge < -0.3 is 10.1 Å². The molecule has 1 aliphatic heterocycles. The minimum Gasteiger partial charge on any atom is -0.496 e. The Bertz CT molecular complexity index is 706. The Morgan fingerprint density at radius 1 is 1.10 bits per heavy atom. The van der Waals surface area contributed by atoms with Crippen molar-refractivity contribution in [1.82, 2.24) is 0 Å². The molecule has 2 aromatic rings. The van der Waals surface area contributed by atoms with Gasteiger partial charge in [-0.1, -0.05) is 30.3 Å². The van der Waals surface area contributed by atoms with Crippen molar-refractivity contribution in [3.05, 3.63) is 58.7 Å². The Morgan fingerprint density at radius 3 is 2.62 bits per heavy atom. The molecule has 3 heteroatoms. The first-order valence-corrected chi connectivity index (χ1v) is 7.14. The molecule has 108 valence electrons. The van der Waals surface area contributed by atoms with Gasteiger partial charge >= 0.3 is 0 Å². The van der Waals surface area contributed by atoms with E-state index in [1.165, 1.54) is 11.1 Å². The van der Waals surface area contributed by atoms with E-state index in [0.29, 0.717) is 6.42 Å². The van der Waals surface area contributed by atoms with Gasteiger partial charge in [0.2, 0.25) is 5.91 Å². The summed E-state index contributed by atoms with van der Waals surface area (Å²) < 4.78 is 5.47. The van der Waals surface area contributed by atoms with Gasteiger partial charge in [-0.3, -0.25) is 4.79 Å². The number of carbonyl (C=O) groups is 1. The monoisotopic (exact) mass is 281 g/mol. The predicted octanol–water partition coefficient (Wildman–Crippen LogP) is 3.79. The maximum absolute atomic E-state index is 12.1. The van der Waals surface area contributed by atoms with Crippen molar-refractivity contribution >= 4 is 11.6 Å². The summed E-state index contributed by atoms with van der Waals surface area (Å²) in [6.07, 6.45) is 0.454. The number of anilines is 1. The number of amides is 1. The van der Waals surface area contributed by atoms with Gasteiger partial charge in [0.05, 0.1) is 7.11 Å². The van der Waals surface area contributed by atoms with Crippen LogP contribution in [0.4, 0.5) is 5.69 Å². The average Bonchev–Trinajstić information content (AvgIpc) is 2.50. The van der Waals surface area contributed by atoms with E-state index in [1.54, 1.807) is 7.11 Å². The fourth-order valence-electron chi connectivity index (χ4n) is 3.01. The highest BCUT2D eigenvalue weighted by Gasteiger charge is 2.29. The molecule has 0 aliphatic carbocycles. The first kappa shape index (κ1) is 13.7. The van der Waals surface area contributed by atoms with Gasteiger partial charge in [0.15, 0.2) is 0 Å². The van der Waals surface area contributed by atoms with Crippen LogP contribution in [0.1, 0.15) is 34.6 Å². The maximum Gasteiger partial charge on any atom is 0.225 e. The Morgan fingerprint density at radius 2 is 1.86 bits per heavy atom. The van der Waals surface area contributed by atoms with E-state index in [4.69, 9.17) is 4.74 Å². The fourth-order valence-corrected chi connectivity index (χ4v) is 3.01. The van der Waals surface area contributed by atoms with Crippen LogP contribution in [0, 0.1) is 13.8 Å². The van der Waals surface area contributed by atoms with Gasteiger partial charge in [0.25, 0.3) is 0 Å². The number of fused-ring (bicyclic) bond motifs is 1. The molecule has 1 aliphatic rings. The van der Waals surface area contributed by atoms with Crippen LogP contribution in [0.3, 0.4) is 0 Å². The zero-order chi connectivity index (χ0) is 15.0. The topological polar surface area (TPSA) is 38.3 Å². The standard InChI is InChI=1S/C18H19NO2/c1-11-8-9-14-15(10-17(20)19-18(14)12(11)2)13-6-4-5-7-16(13)21-3/h4-9,15H,10H2,1-3H3,(H,19,20). The van der Waals surface area contributed by atoms with Gasteiger partial charge in [0, 0.05) is 23.6 Å².